The van der Waals surface area contributed by atoms with Crippen LogP contribution in [0, 0.1) is 5.92 Å². The van der Waals surface area contributed by atoms with Gasteiger partial charge in [-0.3, -0.25) is 24.2 Å². The predicted molar refractivity (Wildman–Crippen MR) is 140 cm³/mol. The monoisotopic (exact) mass is 553 g/mol. The number of carboxylic acids is 2. The molecule has 0 aliphatic heterocycles. The van der Waals surface area contributed by atoms with E-state index in [1.165, 1.54) is 12.5 Å². The highest BCUT2D eigenvalue weighted by Crippen LogP contribution is 2.07. The Labute approximate surface area is 225 Å². The smallest absolute Gasteiger partial charge is 0.326 e. The van der Waals surface area contributed by atoms with Gasteiger partial charge in [0.15, 0.2) is 5.96 Å². The maximum absolute atomic E-state index is 13.2. The Kier molecular flexibility index (Phi) is 14.0. The highest BCUT2D eigenvalue weighted by molar-refractivity contribution is 5.94. The van der Waals surface area contributed by atoms with E-state index in [0.29, 0.717) is 12.1 Å². The number of H-pyrrole nitrogens is 1. The molecule has 0 spiro atoms. The van der Waals surface area contributed by atoms with Gasteiger partial charge < -0.3 is 48.3 Å². The third kappa shape index (κ3) is 13.2. The largest absolute Gasteiger partial charge is 0.481 e. The maximum Gasteiger partial charge on any atom is 0.326 e. The minimum absolute atomic E-state index is 0.0241. The van der Waals surface area contributed by atoms with E-state index in [1.54, 1.807) is 0 Å². The Balaban J connectivity index is 3.04. The molecule has 0 radical (unpaired) electrons. The number of hydrogen-bond donors (Lipinski definition) is 9. The van der Waals surface area contributed by atoms with Crippen molar-refractivity contribution in [1.82, 2.24) is 25.9 Å². The number of aromatic amines is 1. The molecule has 39 heavy (non-hydrogen) atoms. The zero-order chi connectivity index (χ0) is 29.5. The van der Waals surface area contributed by atoms with Crippen molar-refractivity contribution < 1.29 is 34.2 Å². The summed E-state index contributed by atoms with van der Waals surface area (Å²) in [5.74, 6) is -4.87. The second kappa shape index (κ2) is 16.6. The number of carbonyl (C=O) groups excluding carboxylic acids is 3. The van der Waals surface area contributed by atoms with Crippen molar-refractivity contribution in [3.63, 3.8) is 0 Å². The normalized spacial score (nSPS) is 13.9. The molecule has 0 saturated carbocycles. The average Bonchev–Trinajstić information content (AvgIpc) is 3.35. The van der Waals surface area contributed by atoms with E-state index in [1.807, 2.05) is 13.8 Å². The molecule has 1 aromatic heterocycles. The van der Waals surface area contributed by atoms with Gasteiger partial charge in [-0.2, -0.15) is 0 Å². The molecule has 0 aliphatic rings. The summed E-state index contributed by atoms with van der Waals surface area (Å²) < 4.78 is 0. The number of guanidine groups is 1. The van der Waals surface area contributed by atoms with Gasteiger partial charge >= 0.3 is 11.9 Å². The van der Waals surface area contributed by atoms with Crippen LogP contribution in [0.15, 0.2) is 17.5 Å². The third-order valence-electron chi connectivity index (χ3n) is 5.51. The van der Waals surface area contributed by atoms with Gasteiger partial charge in [-0.1, -0.05) is 13.8 Å². The zero-order valence-electron chi connectivity index (χ0n) is 22.1. The van der Waals surface area contributed by atoms with Crippen LogP contribution in [0.1, 0.15) is 51.6 Å². The van der Waals surface area contributed by atoms with Gasteiger partial charge in [0.1, 0.15) is 18.1 Å². The standard InChI is InChI=1S/C23H39N9O7/c1-12(2)8-14(24)19(35)32-17(9-13-10-27-11-29-13)21(37)30-15(5-6-18(33)34)20(36)31-16(22(38)39)4-3-7-28-23(25)26/h10-12,14-17H,3-9,24H2,1-2H3,(H,27,29)(H,30,37)(H,31,36)(H,32,35)(H,33,34)(H,38,39)(H4,25,26,28). The summed E-state index contributed by atoms with van der Waals surface area (Å²) in [5, 5.41) is 26.0. The van der Waals surface area contributed by atoms with Gasteiger partial charge in [0, 0.05) is 31.3 Å². The fourth-order valence-corrected chi connectivity index (χ4v) is 3.56. The number of nitrogens with two attached hydrogens (primary N) is 3. The van der Waals surface area contributed by atoms with Crippen LogP contribution < -0.4 is 33.2 Å². The molecule has 0 fully saturated rings. The van der Waals surface area contributed by atoms with Crippen molar-refractivity contribution in [1.29, 1.82) is 0 Å². The van der Waals surface area contributed by atoms with Gasteiger partial charge in [-0.15, -0.1) is 0 Å². The van der Waals surface area contributed by atoms with Gasteiger partial charge in [-0.05, 0) is 31.6 Å². The lowest BCUT2D eigenvalue weighted by molar-refractivity contribution is -0.143. The molecule has 12 N–H and O–H groups in total. The van der Waals surface area contributed by atoms with Crippen molar-refractivity contribution >= 4 is 35.6 Å². The molecular formula is C23H39N9O7. The lowest BCUT2D eigenvalue weighted by atomic mass is 10.0. The number of amides is 3. The van der Waals surface area contributed by atoms with Crippen molar-refractivity contribution in [2.24, 2.45) is 28.1 Å². The molecule has 0 aliphatic carbocycles. The van der Waals surface area contributed by atoms with Crippen LogP contribution in [0.3, 0.4) is 0 Å². The predicted octanol–water partition coefficient (Wildman–Crippen LogP) is -2.22. The summed E-state index contributed by atoms with van der Waals surface area (Å²) in [4.78, 5) is 72.1. The molecule has 16 nitrogen and oxygen atoms in total. The van der Waals surface area contributed by atoms with E-state index < -0.39 is 60.2 Å². The van der Waals surface area contributed by atoms with E-state index in [9.17, 15) is 29.1 Å². The molecule has 4 unspecified atom stereocenters. The molecular weight excluding hydrogens is 514 g/mol. The first kappa shape index (κ1) is 32.8. The second-order valence-corrected chi connectivity index (χ2v) is 9.42. The number of nitrogens with zero attached hydrogens (tertiary/aromatic N) is 2. The number of aromatic nitrogens is 2. The molecule has 4 atom stereocenters. The van der Waals surface area contributed by atoms with Crippen molar-refractivity contribution in [3.8, 4) is 0 Å². The first-order valence-corrected chi connectivity index (χ1v) is 12.4. The summed E-state index contributed by atoms with van der Waals surface area (Å²) in [7, 11) is 0. The van der Waals surface area contributed by atoms with E-state index in [-0.39, 0.29) is 44.1 Å². The molecule has 16 heteroatoms. The number of carbonyl (C=O) groups is 5. The van der Waals surface area contributed by atoms with Crippen molar-refractivity contribution in [2.75, 3.05) is 6.54 Å². The minimum atomic E-state index is -1.40. The number of carboxylic acid groups (broad SMARTS) is 2. The number of aliphatic carboxylic acids is 2. The number of hydrogen-bond acceptors (Lipinski definition) is 8. The number of nitrogens with one attached hydrogen (secondary N) is 4. The third-order valence-corrected chi connectivity index (χ3v) is 5.51. The molecule has 218 valence electrons. The number of rotatable bonds is 18. The highest BCUT2D eigenvalue weighted by atomic mass is 16.4. The molecule has 1 rings (SSSR count). The summed E-state index contributed by atoms with van der Waals surface area (Å²) in [6.07, 6.45) is 2.57. The van der Waals surface area contributed by atoms with Crippen LogP contribution in [0.25, 0.3) is 0 Å². The molecule has 3 amide bonds. The van der Waals surface area contributed by atoms with Gasteiger partial charge in [0.2, 0.25) is 17.7 Å². The first-order chi connectivity index (χ1) is 18.3. The fraction of sp³-hybridized carbons (Fsp3) is 0.609. The zero-order valence-corrected chi connectivity index (χ0v) is 22.1. The summed E-state index contributed by atoms with van der Waals surface area (Å²) >= 11 is 0. The van der Waals surface area contributed by atoms with Crippen LogP contribution in [0.2, 0.25) is 0 Å². The van der Waals surface area contributed by atoms with Crippen LogP contribution >= 0.6 is 0 Å². The Morgan fingerprint density at radius 3 is 2.13 bits per heavy atom. The van der Waals surface area contributed by atoms with Crippen molar-refractivity contribution in [3.05, 3.63) is 18.2 Å². The summed E-state index contributed by atoms with van der Waals surface area (Å²) in [6.45, 7) is 3.91. The van der Waals surface area contributed by atoms with E-state index >= 15 is 0 Å². The van der Waals surface area contributed by atoms with Gasteiger partial charge in [0.25, 0.3) is 0 Å². The summed E-state index contributed by atoms with van der Waals surface area (Å²) in [6, 6.07) is -4.82. The topological polar surface area (TPSA) is 281 Å². The molecule has 1 heterocycles. The maximum atomic E-state index is 13.2. The quantitative estimate of drug-likeness (QED) is 0.0533. The Hall–Kier alpha value is -4.21. The first-order valence-electron chi connectivity index (χ1n) is 12.4. The lowest BCUT2D eigenvalue weighted by Crippen LogP contribution is -2.57. The Bertz CT molecular complexity index is 994. The van der Waals surface area contributed by atoms with Crippen molar-refractivity contribution in [2.45, 2.75) is 76.5 Å². The Morgan fingerprint density at radius 1 is 0.974 bits per heavy atom. The van der Waals surface area contributed by atoms with Gasteiger partial charge in [0.05, 0.1) is 12.4 Å². The van der Waals surface area contributed by atoms with Crippen LogP contribution in [0.4, 0.5) is 0 Å². The fourth-order valence-electron chi connectivity index (χ4n) is 3.56. The molecule has 0 bridgehead atoms. The van der Waals surface area contributed by atoms with Gasteiger partial charge in [-0.25, -0.2) is 9.78 Å². The van der Waals surface area contributed by atoms with E-state index in [2.05, 4.69) is 30.9 Å². The van der Waals surface area contributed by atoms with E-state index in [4.69, 9.17) is 22.3 Å². The average molecular weight is 554 g/mol. The number of imidazole rings is 1. The second-order valence-electron chi connectivity index (χ2n) is 9.42. The number of aliphatic imine (C=N–C) groups is 1. The Morgan fingerprint density at radius 2 is 1.59 bits per heavy atom. The SMILES string of the molecule is CC(C)CC(N)C(=O)NC(Cc1cnc[nH]1)C(=O)NC(CCC(=O)O)C(=O)NC(CCCN=C(N)N)C(=O)O. The summed E-state index contributed by atoms with van der Waals surface area (Å²) in [5.41, 5.74) is 16.9. The molecule has 0 saturated heterocycles. The van der Waals surface area contributed by atoms with Crippen LogP contribution in [0.5, 0.6) is 0 Å². The van der Waals surface area contributed by atoms with E-state index in [0.717, 1.165) is 0 Å². The lowest BCUT2D eigenvalue weighted by Gasteiger charge is -2.25. The van der Waals surface area contributed by atoms with Crippen LogP contribution in [-0.2, 0) is 30.4 Å². The van der Waals surface area contributed by atoms with Crippen LogP contribution in [-0.4, -0.2) is 86.5 Å². The highest BCUT2D eigenvalue weighted by Gasteiger charge is 2.31. The minimum Gasteiger partial charge on any atom is -0.481 e. The molecule has 0 aromatic carbocycles. The molecule has 1 aromatic rings.